The lowest BCUT2D eigenvalue weighted by Gasteiger charge is -2.33. The molecule has 0 bridgehead atoms. The molecule has 1 aliphatic heterocycles. The molecule has 2 heterocycles. The Morgan fingerprint density at radius 2 is 1.72 bits per heavy atom. The van der Waals surface area contributed by atoms with Crippen molar-refractivity contribution in [2.24, 2.45) is 0 Å². The van der Waals surface area contributed by atoms with Gasteiger partial charge >= 0.3 is 6.18 Å². The van der Waals surface area contributed by atoms with Crippen molar-refractivity contribution in [3.8, 4) is 0 Å². The smallest absolute Gasteiger partial charge is 0.369 e. The molecule has 0 aliphatic carbocycles. The predicted octanol–water partition coefficient (Wildman–Crippen LogP) is 4.04. The summed E-state index contributed by atoms with van der Waals surface area (Å²) in [6.07, 6.45) is -2.77. The number of nitrogens with zero attached hydrogens (tertiary/aromatic N) is 3. The lowest BCUT2D eigenvalue weighted by Crippen LogP contribution is -2.40. The van der Waals surface area contributed by atoms with Gasteiger partial charge in [-0.3, -0.25) is 4.79 Å². The first-order valence-electron chi connectivity index (χ1n) is 9.49. The van der Waals surface area contributed by atoms with E-state index in [-0.39, 0.29) is 18.4 Å². The first-order valence-corrected chi connectivity index (χ1v) is 9.49. The van der Waals surface area contributed by atoms with Crippen LogP contribution < -0.4 is 5.73 Å². The summed E-state index contributed by atoms with van der Waals surface area (Å²) in [4.78, 5) is 18.8. The average molecular weight is 402 g/mol. The zero-order valence-corrected chi connectivity index (χ0v) is 15.7. The van der Waals surface area contributed by atoms with Gasteiger partial charge in [-0.05, 0) is 42.7 Å². The van der Waals surface area contributed by atoms with Crippen LogP contribution in [0, 0.1) is 0 Å². The third-order valence-electron chi connectivity index (χ3n) is 5.44. The van der Waals surface area contributed by atoms with Crippen LogP contribution in [0.15, 0.2) is 48.5 Å². The molecule has 4 rings (SSSR count). The number of fused-ring (bicyclic) bond motifs is 1. The monoisotopic (exact) mass is 402 g/mol. The molecule has 2 aromatic carbocycles. The molecule has 0 spiro atoms. The van der Waals surface area contributed by atoms with Gasteiger partial charge in [-0.2, -0.15) is 13.2 Å². The number of benzene rings is 2. The minimum Gasteiger partial charge on any atom is -0.369 e. The summed E-state index contributed by atoms with van der Waals surface area (Å²) in [5.74, 6) is 0.396. The Hall–Kier alpha value is -3.03. The predicted molar refractivity (Wildman–Crippen MR) is 104 cm³/mol. The van der Waals surface area contributed by atoms with Gasteiger partial charge in [-0.1, -0.05) is 24.3 Å². The second kappa shape index (κ2) is 7.42. The van der Waals surface area contributed by atoms with Crippen LogP contribution in [-0.4, -0.2) is 33.4 Å². The van der Waals surface area contributed by atoms with Gasteiger partial charge in [-0.15, -0.1) is 0 Å². The third-order valence-corrected chi connectivity index (χ3v) is 5.44. The van der Waals surface area contributed by atoms with Crippen LogP contribution in [0.2, 0.25) is 0 Å². The van der Waals surface area contributed by atoms with Crippen molar-refractivity contribution in [1.82, 2.24) is 14.5 Å². The molecule has 1 aliphatic rings. The number of carbonyl (C=O) groups is 1. The van der Waals surface area contributed by atoms with Crippen LogP contribution in [0.5, 0.6) is 0 Å². The van der Waals surface area contributed by atoms with Gasteiger partial charge < -0.3 is 15.2 Å². The van der Waals surface area contributed by atoms with Crippen molar-refractivity contribution < 1.29 is 18.0 Å². The van der Waals surface area contributed by atoms with Crippen LogP contribution in [-0.2, 0) is 17.4 Å². The zero-order valence-electron chi connectivity index (χ0n) is 15.7. The fourth-order valence-corrected chi connectivity index (χ4v) is 3.92. The molecule has 152 valence electrons. The van der Waals surface area contributed by atoms with E-state index in [1.54, 1.807) is 4.90 Å². The Balaban J connectivity index is 1.39. The number of aromatic nitrogens is 2. The number of halogens is 3. The maximum atomic E-state index is 12.7. The number of hydrogen-bond acceptors (Lipinski definition) is 3. The Morgan fingerprint density at radius 3 is 2.38 bits per heavy atom. The van der Waals surface area contributed by atoms with Gasteiger partial charge in [0, 0.05) is 19.1 Å². The van der Waals surface area contributed by atoms with Crippen LogP contribution in [0.25, 0.3) is 11.0 Å². The van der Waals surface area contributed by atoms with E-state index in [2.05, 4.69) is 4.98 Å². The van der Waals surface area contributed by atoms with E-state index in [0.29, 0.717) is 24.6 Å². The topological polar surface area (TPSA) is 64.2 Å². The van der Waals surface area contributed by atoms with Crippen molar-refractivity contribution in [3.05, 3.63) is 59.7 Å². The number of nitrogen functional groups attached to an aromatic ring is 1. The van der Waals surface area contributed by atoms with Crippen LogP contribution in [0.3, 0.4) is 0 Å². The van der Waals surface area contributed by atoms with E-state index < -0.39 is 11.7 Å². The Bertz CT molecular complexity index is 1020. The molecule has 0 atom stereocenters. The maximum absolute atomic E-state index is 12.7. The van der Waals surface area contributed by atoms with E-state index in [4.69, 9.17) is 5.73 Å². The van der Waals surface area contributed by atoms with Gasteiger partial charge in [-0.25, -0.2) is 4.98 Å². The molecular formula is C21H21F3N4O. The molecule has 1 amide bonds. The van der Waals surface area contributed by atoms with E-state index >= 15 is 0 Å². The quantitative estimate of drug-likeness (QED) is 0.719. The summed E-state index contributed by atoms with van der Waals surface area (Å²) >= 11 is 0. The van der Waals surface area contributed by atoms with Crippen molar-refractivity contribution in [1.29, 1.82) is 0 Å². The number of imidazole rings is 1. The summed E-state index contributed by atoms with van der Waals surface area (Å²) in [7, 11) is 0. The number of anilines is 1. The molecule has 1 saturated heterocycles. The zero-order chi connectivity index (χ0) is 20.6. The lowest BCUT2D eigenvalue weighted by molar-refractivity contribution is -0.137. The fourth-order valence-electron chi connectivity index (χ4n) is 3.92. The molecule has 5 nitrogen and oxygen atoms in total. The van der Waals surface area contributed by atoms with Gasteiger partial charge in [0.25, 0.3) is 0 Å². The largest absolute Gasteiger partial charge is 0.416 e. The van der Waals surface area contributed by atoms with Gasteiger partial charge in [0.15, 0.2) is 0 Å². The third kappa shape index (κ3) is 3.92. The molecule has 0 unspecified atom stereocenters. The number of hydrogen-bond donors (Lipinski definition) is 1. The molecule has 1 aromatic heterocycles. The molecule has 8 heteroatoms. The molecular weight excluding hydrogens is 381 g/mol. The molecule has 0 saturated carbocycles. The summed E-state index contributed by atoms with van der Waals surface area (Å²) in [5.41, 5.74) is 7.82. The lowest BCUT2D eigenvalue weighted by atomic mass is 10.0. The summed E-state index contributed by atoms with van der Waals surface area (Å²) < 4.78 is 40.0. The van der Waals surface area contributed by atoms with Crippen molar-refractivity contribution in [3.63, 3.8) is 0 Å². The number of likely N-dealkylation sites (tertiary alicyclic amines) is 1. The number of piperidine rings is 1. The number of amides is 1. The van der Waals surface area contributed by atoms with E-state index in [1.807, 2.05) is 28.8 Å². The summed E-state index contributed by atoms with van der Waals surface area (Å²) in [5, 5.41) is 0. The van der Waals surface area contributed by atoms with E-state index in [0.717, 1.165) is 36.0 Å². The molecule has 2 N–H and O–H groups in total. The number of nitrogens with two attached hydrogens (primary N) is 1. The fraction of sp³-hybridized carbons (Fsp3) is 0.333. The first-order chi connectivity index (χ1) is 13.8. The molecule has 1 fully saturated rings. The van der Waals surface area contributed by atoms with Gasteiger partial charge in [0.2, 0.25) is 11.9 Å². The minimum absolute atomic E-state index is 0.0772. The highest BCUT2D eigenvalue weighted by Crippen LogP contribution is 2.31. The number of para-hydroxylation sites is 2. The minimum atomic E-state index is -4.37. The Labute approximate surface area is 165 Å². The highest BCUT2D eigenvalue weighted by atomic mass is 19.4. The van der Waals surface area contributed by atoms with E-state index in [9.17, 15) is 18.0 Å². The van der Waals surface area contributed by atoms with Crippen LogP contribution in [0.1, 0.15) is 30.0 Å². The van der Waals surface area contributed by atoms with Crippen LogP contribution in [0.4, 0.5) is 19.1 Å². The second-order valence-corrected chi connectivity index (χ2v) is 7.31. The second-order valence-electron chi connectivity index (χ2n) is 7.31. The summed E-state index contributed by atoms with van der Waals surface area (Å²) in [6, 6.07) is 12.7. The van der Waals surface area contributed by atoms with Gasteiger partial charge in [0.05, 0.1) is 23.0 Å². The molecule has 0 radical (unpaired) electrons. The van der Waals surface area contributed by atoms with Gasteiger partial charge in [0.1, 0.15) is 0 Å². The average Bonchev–Trinajstić information content (AvgIpc) is 3.03. The molecule has 29 heavy (non-hydrogen) atoms. The van der Waals surface area contributed by atoms with Crippen molar-refractivity contribution >= 4 is 22.9 Å². The maximum Gasteiger partial charge on any atom is 0.416 e. The van der Waals surface area contributed by atoms with Crippen molar-refractivity contribution in [2.45, 2.75) is 31.5 Å². The first kappa shape index (κ1) is 19.3. The summed E-state index contributed by atoms with van der Waals surface area (Å²) in [6.45, 7) is 1.16. The standard InChI is InChI=1S/C21H21F3N4O/c22-21(23,24)15-7-5-14(6-8-15)13-19(29)27-11-9-16(10-12-27)28-18-4-2-1-3-17(18)26-20(28)25/h1-8,16H,9-13H2,(H2,25,26). The highest BCUT2D eigenvalue weighted by Gasteiger charge is 2.30. The number of carbonyl (C=O) groups excluding carboxylic acids is 1. The number of rotatable bonds is 3. The van der Waals surface area contributed by atoms with E-state index in [1.165, 1.54) is 12.1 Å². The SMILES string of the molecule is Nc1nc2ccccc2n1C1CCN(C(=O)Cc2ccc(C(F)(F)F)cc2)CC1. The Kier molecular flexibility index (Phi) is 4.94. The molecule has 3 aromatic rings. The van der Waals surface area contributed by atoms with Crippen LogP contribution >= 0.6 is 0 Å². The highest BCUT2D eigenvalue weighted by molar-refractivity contribution is 5.79. The Morgan fingerprint density at radius 1 is 1.07 bits per heavy atom. The van der Waals surface area contributed by atoms with Crippen molar-refractivity contribution in [2.75, 3.05) is 18.8 Å². The normalized spacial score (nSPS) is 15.8. The number of alkyl halides is 3.